The predicted octanol–water partition coefficient (Wildman–Crippen LogP) is 1.44. The van der Waals surface area contributed by atoms with Crippen molar-refractivity contribution in [2.24, 2.45) is 0 Å². The zero-order chi connectivity index (χ0) is 10.8. The fraction of sp³-hybridized carbons (Fsp3) is 0.444. The molecule has 0 amide bonds. The number of alkyl halides is 1. The summed E-state index contributed by atoms with van der Waals surface area (Å²) in [5.74, 6) is -0.497. The van der Waals surface area contributed by atoms with Crippen LogP contribution in [-0.4, -0.2) is 25.8 Å². The summed E-state index contributed by atoms with van der Waals surface area (Å²) in [5, 5.41) is -0.0346. The van der Waals surface area contributed by atoms with Crippen LogP contribution in [0.2, 0.25) is 0 Å². The minimum Gasteiger partial charge on any atom is -0.250 e. The van der Waals surface area contributed by atoms with Gasteiger partial charge in [0.15, 0.2) is 14.9 Å². The second-order valence-corrected chi connectivity index (χ2v) is 5.19. The fourth-order valence-electron chi connectivity index (χ4n) is 1.17. The van der Waals surface area contributed by atoms with Crippen LogP contribution in [0, 0.1) is 13.8 Å². The van der Waals surface area contributed by atoms with Crippen LogP contribution in [0.5, 0.6) is 0 Å². The van der Waals surface area contributed by atoms with E-state index in [1.807, 2.05) is 0 Å². The van der Waals surface area contributed by atoms with E-state index in [9.17, 15) is 12.8 Å². The molecule has 0 saturated carbocycles. The monoisotopic (exact) mass is 217 g/mol. The highest BCUT2D eigenvalue weighted by Crippen LogP contribution is 2.11. The average molecular weight is 217 g/mol. The van der Waals surface area contributed by atoms with Crippen molar-refractivity contribution in [3.8, 4) is 0 Å². The summed E-state index contributed by atoms with van der Waals surface area (Å²) in [4.78, 5) is 3.87. The van der Waals surface area contributed by atoms with Gasteiger partial charge in [-0.2, -0.15) is 0 Å². The zero-order valence-corrected chi connectivity index (χ0v) is 8.94. The number of nitrogens with zero attached hydrogens (tertiary/aromatic N) is 1. The van der Waals surface area contributed by atoms with E-state index in [1.165, 1.54) is 6.07 Å². The number of rotatable bonds is 3. The Kier molecular flexibility index (Phi) is 3.21. The van der Waals surface area contributed by atoms with Crippen molar-refractivity contribution in [3.05, 3.63) is 23.4 Å². The summed E-state index contributed by atoms with van der Waals surface area (Å²) in [6.07, 6.45) is 0. The number of sulfone groups is 1. The molecule has 0 spiro atoms. The van der Waals surface area contributed by atoms with Gasteiger partial charge in [-0.1, -0.05) is 0 Å². The number of pyridine rings is 1. The molecule has 1 aromatic heterocycles. The molecule has 0 atom stereocenters. The normalized spacial score (nSPS) is 11.6. The SMILES string of the molecule is Cc1cc(C)nc(S(=O)(=O)CCF)c1. The lowest BCUT2D eigenvalue weighted by molar-refractivity contribution is 0.516. The van der Waals surface area contributed by atoms with Crippen molar-refractivity contribution in [2.45, 2.75) is 18.9 Å². The first-order valence-corrected chi connectivity index (χ1v) is 5.85. The molecule has 78 valence electrons. The third-order valence-electron chi connectivity index (χ3n) is 1.74. The van der Waals surface area contributed by atoms with Gasteiger partial charge in [0, 0.05) is 5.69 Å². The van der Waals surface area contributed by atoms with Gasteiger partial charge in [-0.3, -0.25) is 0 Å². The minimum atomic E-state index is -3.54. The zero-order valence-electron chi connectivity index (χ0n) is 8.12. The van der Waals surface area contributed by atoms with Gasteiger partial charge in [0.2, 0.25) is 0 Å². The van der Waals surface area contributed by atoms with Gasteiger partial charge in [-0.25, -0.2) is 17.8 Å². The molecule has 1 rings (SSSR count). The second kappa shape index (κ2) is 4.04. The van der Waals surface area contributed by atoms with Gasteiger partial charge in [0.1, 0.15) is 6.67 Å². The quantitative estimate of drug-likeness (QED) is 0.769. The van der Waals surface area contributed by atoms with E-state index in [4.69, 9.17) is 0 Å². The van der Waals surface area contributed by atoms with E-state index in [0.29, 0.717) is 5.69 Å². The van der Waals surface area contributed by atoms with E-state index in [0.717, 1.165) is 5.56 Å². The van der Waals surface area contributed by atoms with E-state index in [1.54, 1.807) is 19.9 Å². The lowest BCUT2D eigenvalue weighted by Gasteiger charge is -2.03. The summed E-state index contributed by atoms with van der Waals surface area (Å²) in [6.45, 7) is 2.61. The highest BCUT2D eigenvalue weighted by atomic mass is 32.2. The van der Waals surface area contributed by atoms with Crippen LogP contribution in [0.4, 0.5) is 4.39 Å². The number of aromatic nitrogens is 1. The molecule has 1 aromatic rings. The summed E-state index contributed by atoms with van der Waals surface area (Å²) in [5.41, 5.74) is 1.44. The number of hydrogen-bond donors (Lipinski definition) is 0. The smallest absolute Gasteiger partial charge is 0.198 e. The molecule has 1 heterocycles. The maximum absolute atomic E-state index is 12.0. The maximum atomic E-state index is 12.0. The van der Waals surface area contributed by atoms with Crippen molar-refractivity contribution in [2.75, 3.05) is 12.4 Å². The summed E-state index contributed by atoms with van der Waals surface area (Å²) in [6, 6.07) is 3.23. The van der Waals surface area contributed by atoms with Gasteiger partial charge in [0.25, 0.3) is 0 Å². The van der Waals surface area contributed by atoms with Crippen LogP contribution >= 0.6 is 0 Å². The van der Waals surface area contributed by atoms with Crippen LogP contribution in [0.25, 0.3) is 0 Å². The number of aryl methyl sites for hydroxylation is 2. The average Bonchev–Trinajstić information content (AvgIpc) is 2.02. The molecule has 0 aromatic carbocycles. The Bertz CT molecular complexity index is 408. The van der Waals surface area contributed by atoms with Crippen molar-refractivity contribution in [3.63, 3.8) is 0 Å². The third-order valence-corrected chi connectivity index (χ3v) is 3.28. The Balaban J connectivity index is 3.19. The molecule has 3 nitrogen and oxygen atoms in total. The summed E-state index contributed by atoms with van der Waals surface area (Å²) >= 11 is 0. The molecule has 0 unspecified atom stereocenters. The summed E-state index contributed by atoms with van der Waals surface area (Å²) < 4.78 is 34.8. The van der Waals surface area contributed by atoms with E-state index < -0.39 is 22.3 Å². The molecule has 14 heavy (non-hydrogen) atoms. The van der Waals surface area contributed by atoms with Gasteiger partial charge < -0.3 is 0 Å². The number of halogens is 1. The van der Waals surface area contributed by atoms with E-state index >= 15 is 0 Å². The Morgan fingerprint density at radius 2 is 2.00 bits per heavy atom. The molecule has 0 aliphatic rings. The third kappa shape index (κ3) is 2.51. The predicted molar refractivity (Wildman–Crippen MR) is 51.7 cm³/mol. The molecule has 0 N–H and O–H groups in total. The Morgan fingerprint density at radius 1 is 1.36 bits per heavy atom. The largest absolute Gasteiger partial charge is 0.250 e. The summed E-state index contributed by atoms with van der Waals surface area (Å²) in [7, 11) is -3.54. The molecule has 5 heteroatoms. The Hall–Kier alpha value is -0.970. The molecule has 0 bridgehead atoms. The maximum Gasteiger partial charge on any atom is 0.198 e. The van der Waals surface area contributed by atoms with Gasteiger partial charge in [-0.15, -0.1) is 0 Å². The van der Waals surface area contributed by atoms with Gasteiger partial charge in [-0.05, 0) is 31.5 Å². The van der Waals surface area contributed by atoms with Crippen LogP contribution < -0.4 is 0 Å². The first-order valence-electron chi connectivity index (χ1n) is 4.20. The standard InChI is InChI=1S/C9H12FNO2S/c1-7-5-8(2)11-9(6-7)14(12,13)4-3-10/h5-6H,3-4H2,1-2H3. The van der Waals surface area contributed by atoms with Crippen LogP contribution in [0.15, 0.2) is 17.2 Å². The van der Waals surface area contributed by atoms with Crippen molar-refractivity contribution < 1.29 is 12.8 Å². The lowest BCUT2D eigenvalue weighted by Crippen LogP contribution is -2.11. The van der Waals surface area contributed by atoms with Gasteiger partial charge >= 0.3 is 0 Å². The minimum absolute atomic E-state index is 0.0346. The lowest BCUT2D eigenvalue weighted by atomic mass is 10.3. The molecule has 0 aliphatic carbocycles. The molecule has 0 aliphatic heterocycles. The molecule has 0 radical (unpaired) electrons. The molecular weight excluding hydrogens is 205 g/mol. The first kappa shape index (κ1) is 11.1. The number of hydrogen-bond acceptors (Lipinski definition) is 3. The Labute approximate surface area is 82.9 Å². The van der Waals surface area contributed by atoms with Gasteiger partial charge in [0.05, 0.1) is 5.75 Å². The molecule has 0 saturated heterocycles. The topological polar surface area (TPSA) is 47.0 Å². The van der Waals surface area contributed by atoms with Crippen LogP contribution in [0.1, 0.15) is 11.3 Å². The highest BCUT2D eigenvalue weighted by Gasteiger charge is 2.16. The molecular formula is C9H12FNO2S. The van der Waals surface area contributed by atoms with Crippen molar-refractivity contribution in [1.82, 2.24) is 4.98 Å². The first-order chi connectivity index (χ1) is 6.45. The molecule has 0 fully saturated rings. The van der Waals surface area contributed by atoms with Crippen LogP contribution in [0.3, 0.4) is 0 Å². The van der Waals surface area contributed by atoms with Crippen LogP contribution in [-0.2, 0) is 9.84 Å². The van der Waals surface area contributed by atoms with Crippen molar-refractivity contribution >= 4 is 9.84 Å². The van der Waals surface area contributed by atoms with Crippen molar-refractivity contribution in [1.29, 1.82) is 0 Å². The van der Waals surface area contributed by atoms with E-state index in [-0.39, 0.29) is 5.03 Å². The van der Waals surface area contributed by atoms with E-state index in [2.05, 4.69) is 4.98 Å². The fourth-order valence-corrected chi connectivity index (χ4v) is 2.23. The highest BCUT2D eigenvalue weighted by molar-refractivity contribution is 7.91. The second-order valence-electron chi connectivity index (χ2n) is 3.13. The Morgan fingerprint density at radius 3 is 2.50 bits per heavy atom.